The summed E-state index contributed by atoms with van der Waals surface area (Å²) in [5.74, 6) is 1.65. The SMILES string of the molecule is c1ccc(N(c2ccccc2)c2ccc(N(c3ccc4c(c3)Oc3ccccc3C43c4ccccc4-c4ccccc43)c3cccc4oc5ccccc5c34)c3c2oc2ccccc23)cc1. The Hall–Kier alpha value is -8.80. The molecule has 0 radical (unpaired) electrons. The molecule has 0 amide bonds. The molecule has 1 aliphatic heterocycles. The summed E-state index contributed by atoms with van der Waals surface area (Å²) in [6.45, 7) is 0. The van der Waals surface area contributed by atoms with Gasteiger partial charge in [-0.05, 0) is 95.1 Å². The first-order valence-electron chi connectivity index (χ1n) is 22.4. The summed E-state index contributed by atoms with van der Waals surface area (Å²) in [7, 11) is 0. The quantitative estimate of drug-likeness (QED) is 0.167. The van der Waals surface area contributed by atoms with Crippen molar-refractivity contribution in [2.24, 2.45) is 0 Å². The lowest BCUT2D eigenvalue weighted by Gasteiger charge is -2.40. The summed E-state index contributed by atoms with van der Waals surface area (Å²) < 4.78 is 20.8. The standard InChI is InChI=1S/C61H38N2O3/c1-3-18-39(19-4-1)62(40-20-5-2-6-21-40)52-37-36-51(59-45-25-10-15-31-54(45)66-60(52)59)63(50-29-17-33-56-58(50)44-24-9-14-30-53(44)64-56)41-34-35-49-57(38-41)65-55-32-16-13-28-48(55)61(49)46-26-11-7-22-42(46)43-23-8-12-27-47(43)61/h1-38H. The van der Waals surface area contributed by atoms with Crippen molar-refractivity contribution < 1.29 is 13.6 Å². The third kappa shape index (κ3) is 5.11. The molecule has 12 aromatic rings. The van der Waals surface area contributed by atoms with Gasteiger partial charge in [0, 0.05) is 45.0 Å². The summed E-state index contributed by atoms with van der Waals surface area (Å²) in [6, 6.07) is 81.5. The van der Waals surface area contributed by atoms with Gasteiger partial charge in [0.2, 0.25) is 0 Å². The maximum absolute atomic E-state index is 7.12. The van der Waals surface area contributed by atoms with E-state index in [1.807, 2.05) is 18.2 Å². The number of hydrogen-bond acceptors (Lipinski definition) is 5. The van der Waals surface area contributed by atoms with Crippen molar-refractivity contribution in [3.05, 3.63) is 253 Å². The molecule has 3 heterocycles. The van der Waals surface area contributed by atoms with Crippen LogP contribution in [0.25, 0.3) is 55.0 Å². The number of benzene rings is 10. The van der Waals surface area contributed by atoms with Gasteiger partial charge in [-0.1, -0.05) is 152 Å². The first-order valence-corrected chi connectivity index (χ1v) is 22.4. The molecule has 0 atom stereocenters. The highest BCUT2D eigenvalue weighted by Gasteiger charge is 2.51. The van der Waals surface area contributed by atoms with Crippen molar-refractivity contribution in [3.63, 3.8) is 0 Å². The fraction of sp³-hybridized carbons (Fsp3) is 0.0164. The Morgan fingerprint density at radius 1 is 0.318 bits per heavy atom. The van der Waals surface area contributed by atoms with Crippen LogP contribution in [-0.4, -0.2) is 0 Å². The highest BCUT2D eigenvalue weighted by atomic mass is 16.5. The number of nitrogens with zero attached hydrogens (tertiary/aromatic N) is 2. The topological polar surface area (TPSA) is 42.0 Å². The van der Waals surface area contributed by atoms with Gasteiger partial charge in [0.15, 0.2) is 5.58 Å². The van der Waals surface area contributed by atoms with Gasteiger partial charge in [-0.3, -0.25) is 0 Å². The molecule has 1 aliphatic carbocycles. The molecule has 0 N–H and O–H groups in total. The minimum absolute atomic E-state index is 0.588. The summed E-state index contributed by atoms with van der Waals surface area (Å²) in [4.78, 5) is 4.66. The maximum Gasteiger partial charge on any atom is 0.161 e. The summed E-state index contributed by atoms with van der Waals surface area (Å²) in [5, 5.41) is 4.07. The summed E-state index contributed by atoms with van der Waals surface area (Å²) in [5.41, 5.74) is 15.7. The number of rotatable bonds is 6. The van der Waals surface area contributed by atoms with E-state index in [-0.39, 0.29) is 0 Å². The average Bonchev–Trinajstić information content (AvgIpc) is 4.05. The molecule has 0 bridgehead atoms. The zero-order valence-electron chi connectivity index (χ0n) is 35.6. The average molecular weight is 847 g/mol. The van der Waals surface area contributed by atoms with E-state index in [0.717, 1.165) is 101 Å². The molecule has 14 rings (SSSR count). The van der Waals surface area contributed by atoms with E-state index in [2.05, 4.69) is 222 Å². The van der Waals surface area contributed by atoms with Crippen LogP contribution in [0.5, 0.6) is 11.5 Å². The van der Waals surface area contributed by atoms with Gasteiger partial charge in [0.25, 0.3) is 0 Å². The number of para-hydroxylation sites is 5. The molecule has 2 aromatic heterocycles. The molecular weight excluding hydrogens is 809 g/mol. The first-order chi connectivity index (χ1) is 32.8. The number of furan rings is 2. The molecule has 0 unspecified atom stereocenters. The predicted molar refractivity (Wildman–Crippen MR) is 268 cm³/mol. The molecule has 0 saturated carbocycles. The highest BCUT2D eigenvalue weighted by Crippen LogP contribution is 2.63. The van der Waals surface area contributed by atoms with Crippen molar-refractivity contribution >= 4 is 78.0 Å². The monoisotopic (exact) mass is 846 g/mol. The second-order valence-electron chi connectivity index (χ2n) is 17.1. The molecule has 310 valence electrons. The second kappa shape index (κ2) is 14.1. The second-order valence-corrected chi connectivity index (χ2v) is 17.1. The van der Waals surface area contributed by atoms with Crippen LogP contribution in [0.2, 0.25) is 0 Å². The predicted octanol–water partition coefficient (Wildman–Crippen LogP) is 16.9. The normalized spacial score (nSPS) is 13.1. The van der Waals surface area contributed by atoms with Gasteiger partial charge in [0.1, 0.15) is 28.2 Å². The molecule has 10 aromatic carbocycles. The van der Waals surface area contributed by atoms with Gasteiger partial charge < -0.3 is 23.4 Å². The van der Waals surface area contributed by atoms with E-state index in [4.69, 9.17) is 13.6 Å². The highest BCUT2D eigenvalue weighted by molar-refractivity contribution is 6.20. The Morgan fingerprint density at radius 2 is 0.848 bits per heavy atom. The van der Waals surface area contributed by atoms with Gasteiger partial charge in [-0.25, -0.2) is 0 Å². The molecule has 5 nitrogen and oxygen atoms in total. The Kier molecular flexibility index (Phi) is 7.83. The van der Waals surface area contributed by atoms with E-state index in [1.54, 1.807) is 0 Å². The minimum Gasteiger partial charge on any atom is -0.457 e. The van der Waals surface area contributed by atoms with Crippen LogP contribution in [0.3, 0.4) is 0 Å². The van der Waals surface area contributed by atoms with E-state index >= 15 is 0 Å². The number of hydrogen-bond donors (Lipinski definition) is 0. The maximum atomic E-state index is 7.12. The third-order valence-electron chi connectivity index (χ3n) is 13.7. The zero-order chi connectivity index (χ0) is 43.3. The minimum atomic E-state index is -0.588. The van der Waals surface area contributed by atoms with Gasteiger partial charge in [-0.15, -0.1) is 0 Å². The third-order valence-corrected chi connectivity index (χ3v) is 13.7. The molecule has 1 spiro atoms. The van der Waals surface area contributed by atoms with Crippen LogP contribution in [0, 0.1) is 0 Å². The number of anilines is 6. The van der Waals surface area contributed by atoms with E-state index < -0.39 is 5.41 Å². The molecule has 2 aliphatic rings. The summed E-state index contributed by atoms with van der Waals surface area (Å²) in [6.07, 6.45) is 0. The fourth-order valence-corrected chi connectivity index (χ4v) is 11.1. The van der Waals surface area contributed by atoms with E-state index in [1.165, 1.54) is 22.3 Å². The largest absolute Gasteiger partial charge is 0.457 e. The van der Waals surface area contributed by atoms with Gasteiger partial charge >= 0.3 is 0 Å². The van der Waals surface area contributed by atoms with Crippen molar-refractivity contribution in [1.82, 2.24) is 0 Å². The zero-order valence-corrected chi connectivity index (χ0v) is 35.6. The van der Waals surface area contributed by atoms with Crippen molar-refractivity contribution in [3.8, 4) is 22.6 Å². The molecule has 5 heteroatoms. The fourth-order valence-electron chi connectivity index (χ4n) is 11.1. The Balaban J connectivity index is 1.07. The van der Waals surface area contributed by atoms with E-state index in [0.29, 0.717) is 0 Å². The van der Waals surface area contributed by atoms with Crippen molar-refractivity contribution in [2.45, 2.75) is 5.41 Å². The molecule has 0 fully saturated rings. The van der Waals surface area contributed by atoms with Crippen molar-refractivity contribution in [2.75, 3.05) is 9.80 Å². The lowest BCUT2D eigenvalue weighted by molar-refractivity contribution is 0.436. The van der Waals surface area contributed by atoms with Crippen LogP contribution < -0.4 is 14.5 Å². The van der Waals surface area contributed by atoms with Gasteiger partial charge in [0.05, 0.1) is 33.2 Å². The lowest BCUT2D eigenvalue weighted by atomic mass is 9.66. The summed E-state index contributed by atoms with van der Waals surface area (Å²) >= 11 is 0. The van der Waals surface area contributed by atoms with Crippen LogP contribution in [0.4, 0.5) is 34.1 Å². The molecular formula is C61H38N2O3. The molecule has 66 heavy (non-hydrogen) atoms. The van der Waals surface area contributed by atoms with Gasteiger partial charge in [-0.2, -0.15) is 0 Å². The smallest absolute Gasteiger partial charge is 0.161 e. The molecule has 0 saturated heterocycles. The first kappa shape index (κ1) is 36.7. The van der Waals surface area contributed by atoms with Crippen LogP contribution in [0.1, 0.15) is 22.3 Å². The van der Waals surface area contributed by atoms with Crippen molar-refractivity contribution in [1.29, 1.82) is 0 Å². The Labute approximate surface area is 380 Å². The van der Waals surface area contributed by atoms with Crippen LogP contribution in [0.15, 0.2) is 239 Å². The lowest BCUT2D eigenvalue weighted by Crippen LogP contribution is -2.32. The Bertz CT molecular complexity index is 3800. The Morgan fingerprint density at radius 3 is 1.56 bits per heavy atom. The number of ether oxygens (including phenoxy) is 1. The number of fused-ring (bicyclic) bond motifs is 15. The van der Waals surface area contributed by atoms with E-state index in [9.17, 15) is 0 Å². The van der Waals surface area contributed by atoms with Crippen LogP contribution >= 0.6 is 0 Å². The van der Waals surface area contributed by atoms with Crippen LogP contribution in [-0.2, 0) is 5.41 Å².